The van der Waals surface area contributed by atoms with Gasteiger partial charge in [-0.3, -0.25) is 4.79 Å². The van der Waals surface area contributed by atoms with Crippen molar-refractivity contribution in [3.05, 3.63) is 46.5 Å². The largest absolute Gasteiger partial charge is 0.497 e. The van der Waals surface area contributed by atoms with Gasteiger partial charge in [0.15, 0.2) is 18.1 Å². The lowest BCUT2D eigenvalue weighted by Gasteiger charge is -2.12. The number of hydrogen-bond acceptors (Lipinski definition) is 7. The first-order chi connectivity index (χ1) is 13.5. The maximum absolute atomic E-state index is 12.4. The second kappa shape index (κ2) is 8.84. The predicted octanol–water partition coefficient (Wildman–Crippen LogP) is 3.56. The van der Waals surface area contributed by atoms with Gasteiger partial charge in [0.2, 0.25) is 5.78 Å². The van der Waals surface area contributed by atoms with Crippen molar-refractivity contribution in [3.63, 3.8) is 0 Å². The Morgan fingerprint density at radius 2 is 1.86 bits per heavy atom. The molecule has 0 amide bonds. The van der Waals surface area contributed by atoms with Gasteiger partial charge in [0.25, 0.3) is 0 Å². The molecule has 0 bridgehead atoms. The minimum atomic E-state index is -0.696. The van der Waals surface area contributed by atoms with Gasteiger partial charge < -0.3 is 23.7 Å². The van der Waals surface area contributed by atoms with Crippen LogP contribution in [0.3, 0.4) is 0 Å². The molecule has 28 heavy (non-hydrogen) atoms. The third-order valence-corrected chi connectivity index (χ3v) is 4.36. The first kappa shape index (κ1) is 19.8. The molecule has 0 saturated carbocycles. The summed E-state index contributed by atoms with van der Waals surface area (Å²) in [6, 6.07) is 7.68. The van der Waals surface area contributed by atoms with Gasteiger partial charge in [-0.25, -0.2) is 4.79 Å². The van der Waals surface area contributed by atoms with E-state index in [0.717, 1.165) is 0 Å². The van der Waals surface area contributed by atoms with Crippen molar-refractivity contribution < 1.29 is 33.3 Å². The summed E-state index contributed by atoms with van der Waals surface area (Å²) in [4.78, 5) is 24.8. The van der Waals surface area contributed by atoms with E-state index in [1.807, 2.05) is 0 Å². The van der Waals surface area contributed by atoms with E-state index in [-0.39, 0.29) is 16.1 Å². The van der Waals surface area contributed by atoms with Crippen LogP contribution < -0.4 is 18.9 Å². The summed E-state index contributed by atoms with van der Waals surface area (Å²) in [7, 11) is 2.95. The highest BCUT2D eigenvalue weighted by Crippen LogP contribution is 2.38. The molecule has 0 spiro atoms. The lowest BCUT2D eigenvalue weighted by molar-refractivity contribution is 0.0473. The Bertz CT molecular complexity index is 894. The van der Waals surface area contributed by atoms with E-state index >= 15 is 0 Å². The Hall–Kier alpha value is -2.93. The fourth-order valence-electron chi connectivity index (χ4n) is 2.67. The fraction of sp³-hybridized carbons (Fsp3) is 0.300. The SMILES string of the molecule is COc1ccc(C(=O)COC(=O)c2cc(Cl)c3c(c2)OCCCO3)c(OC)c1. The first-order valence-electron chi connectivity index (χ1n) is 8.55. The first-order valence-corrected chi connectivity index (χ1v) is 8.92. The summed E-state index contributed by atoms with van der Waals surface area (Å²) in [5.74, 6) is 0.549. The van der Waals surface area contributed by atoms with Gasteiger partial charge in [0.1, 0.15) is 11.5 Å². The summed E-state index contributed by atoms with van der Waals surface area (Å²) in [5.41, 5.74) is 0.455. The number of ketones is 1. The summed E-state index contributed by atoms with van der Waals surface area (Å²) in [5, 5.41) is 0.245. The fourth-order valence-corrected chi connectivity index (χ4v) is 2.93. The molecule has 0 atom stereocenters. The van der Waals surface area contributed by atoms with Gasteiger partial charge in [0, 0.05) is 12.5 Å². The number of methoxy groups -OCH3 is 2. The Balaban J connectivity index is 1.71. The maximum atomic E-state index is 12.4. The summed E-state index contributed by atoms with van der Waals surface area (Å²) >= 11 is 6.18. The Morgan fingerprint density at radius 1 is 1.07 bits per heavy atom. The lowest BCUT2D eigenvalue weighted by Crippen LogP contribution is -2.15. The van der Waals surface area contributed by atoms with E-state index in [2.05, 4.69) is 0 Å². The van der Waals surface area contributed by atoms with Crippen LogP contribution in [0, 0.1) is 0 Å². The molecule has 0 fully saturated rings. The molecule has 1 heterocycles. The van der Waals surface area contributed by atoms with Crippen LogP contribution in [-0.2, 0) is 4.74 Å². The van der Waals surface area contributed by atoms with E-state index < -0.39 is 18.4 Å². The number of halogens is 1. The van der Waals surface area contributed by atoms with E-state index in [9.17, 15) is 9.59 Å². The minimum Gasteiger partial charge on any atom is -0.497 e. The summed E-state index contributed by atoms with van der Waals surface area (Å²) in [6.45, 7) is 0.486. The van der Waals surface area contributed by atoms with E-state index in [4.69, 9.17) is 35.3 Å². The molecule has 3 rings (SSSR count). The van der Waals surface area contributed by atoms with Crippen molar-refractivity contribution in [2.45, 2.75) is 6.42 Å². The zero-order chi connectivity index (χ0) is 20.1. The van der Waals surface area contributed by atoms with Gasteiger partial charge in [-0.1, -0.05) is 11.6 Å². The molecule has 0 aliphatic carbocycles. The molecule has 1 aliphatic heterocycles. The second-order valence-electron chi connectivity index (χ2n) is 5.90. The van der Waals surface area contributed by atoms with Crippen molar-refractivity contribution in [2.75, 3.05) is 34.0 Å². The normalized spacial score (nSPS) is 12.7. The smallest absolute Gasteiger partial charge is 0.338 e. The van der Waals surface area contributed by atoms with Crippen LogP contribution in [-0.4, -0.2) is 45.8 Å². The average Bonchev–Trinajstić information content (AvgIpc) is 2.97. The maximum Gasteiger partial charge on any atom is 0.338 e. The van der Waals surface area contributed by atoms with Crippen molar-refractivity contribution in [2.24, 2.45) is 0 Å². The monoisotopic (exact) mass is 406 g/mol. The average molecular weight is 407 g/mol. The molecule has 0 aromatic heterocycles. The van der Waals surface area contributed by atoms with Gasteiger partial charge in [-0.2, -0.15) is 0 Å². The minimum absolute atomic E-state index is 0.170. The van der Waals surface area contributed by atoms with E-state index in [0.29, 0.717) is 42.6 Å². The number of hydrogen-bond donors (Lipinski definition) is 0. The third-order valence-electron chi connectivity index (χ3n) is 4.08. The number of rotatable bonds is 6. The van der Waals surface area contributed by atoms with Crippen LogP contribution in [0.4, 0.5) is 0 Å². The second-order valence-corrected chi connectivity index (χ2v) is 6.31. The highest BCUT2D eigenvalue weighted by molar-refractivity contribution is 6.32. The number of ether oxygens (including phenoxy) is 5. The number of carbonyl (C=O) groups is 2. The molecule has 1 aliphatic rings. The molecule has 8 heteroatoms. The number of carbonyl (C=O) groups excluding carboxylic acids is 2. The zero-order valence-electron chi connectivity index (χ0n) is 15.5. The Kier molecular flexibility index (Phi) is 6.26. The van der Waals surface area contributed by atoms with Crippen LogP contribution >= 0.6 is 11.6 Å². The summed E-state index contributed by atoms with van der Waals surface area (Å²) in [6.07, 6.45) is 0.711. The standard InChI is InChI=1S/C20H19ClO7/c1-24-13-4-5-14(17(10-13)25-2)16(22)11-28-20(23)12-8-15(21)19-18(9-12)26-6-3-7-27-19/h4-5,8-10H,3,6-7,11H2,1-2H3. The number of Topliss-reactive ketones (excluding diaryl/α,β-unsaturated/α-hetero) is 1. The van der Waals surface area contributed by atoms with Crippen LogP contribution in [0.15, 0.2) is 30.3 Å². The zero-order valence-corrected chi connectivity index (χ0v) is 16.2. The van der Waals surface area contributed by atoms with E-state index in [1.165, 1.54) is 26.4 Å². The van der Waals surface area contributed by atoms with Crippen LogP contribution in [0.2, 0.25) is 5.02 Å². The summed E-state index contributed by atoms with van der Waals surface area (Å²) < 4.78 is 26.5. The predicted molar refractivity (Wildman–Crippen MR) is 101 cm³/mol. The van der Waals surface area contributed by atoms with Crippen LogP contribution in [0.1, 0.15) is 27.1 Å². The van der Waals surface area contributed by atoms with Crippen molar-refractivity contribution >= 4 is 23.4 Å². The Morgan fingerprint density at radius 3 is 2.61 bits per heavy atom. The lowest BCUT2D eigenvalue weighted by atomic mass is 10.1. The van der Waals surface area contributed by atoms with Crippen molar-refractivity contribution in [3.8, 4) is 23.0 Å². The van der Waals surface area contributed by atoms with Gasteiger partial charge in [-0.05, 0) is 24.3 Å². The Labute approximate surface area is 167 Å². The molecule has 0 saturated heterocycles. The third kappa shape index (κ3) is 4.31. The molecule has 148 valence electrons. The molecule has 2 aromatic carbocycles. The molecule has 7 nitrogen and oxygen atoms in total. The highest BCUT2D eigenvalue weighted by atomic mass is 35.5. The van der Waals surface area contributed by atoms with Gasteiger partial charge in [-0.15, -0.1) is 0 Å². The molecule has 0 N–H and O–H groups in total. The number of fused-ring (bicyclic) bond motifs is 1. The molecule has 0 unspecified atom stereocenters. The van der Waals surface area contributed by atoms with E-state index in [1.54, 1.807) is 18.2 Å². The number of benzene rings is 2. The molecule has 0 radical (unpaired) electrons. The van der Waals surface area contributed by atoms with Crippen LogP contribution in [0.5, 0.6) is 23.0 Å². The van der Waals surface area contributed by atoms with Crippen LogP contribution in [0.25, 0.3) is 0 Å². The molecular weight excluding hydrogens is 388 g/mol. The molecular formula is C20H19ClO7. The molecule has 2 aromatic rings. The van der Waals surface area contributed by atoms with Crippen molar-refractivity contribution in [1.29, 1.82) is 0 Å². The quantitative estimate of drug-likeness (QED) is 0.536. The van der Waals surface area contributed by atoms with Gasteiger partial charge in [0.05, 0.1) is 43.6 Å². The highest BCUT2D eigenvalue weighted by Gasteiger charge is 2.21. The number of esters is 1. The van der Waals surface area contributed by atoms with Crippen molar-refractivity contribution in [1.82, 2.24) is 0 Å². The topological polar surface area (TPSA) is 80.3 Å². The van der Waals surface area contributed by atoms with Gasteiger partial charge >= 0.3 is 5.97 Å².